The molecule has 0 spiro atoms. The third-order valence-electron chi connectivity index (χ3n) is 4.90. The van der Waals surface area contributed by atoms with Crippen molar-refractivity contribution in [1.29, 1.82) is 0 Å². The molecule has 0 saturated carbocycles. The highest BCUT2D eigenvalue weighted by Gasteiger charge is 2.29. The molecule has 4 rings (SSSR count). The molecule has 0 bridgehead atoms. The molecule has 29 heavy (non-hydrogen) atoms. The number of fused-ring (bicyclic) bond motifs is 1. The summed E-state index contributed by atoms with van der Waals surface area (Å²) in [6.07, 6.45) is 0. The number of aromatic amines is 1. The van der Waals surface area contributed by atoms with Crippen LogP contribution < -0.4 is 0 Å². The standard InChI is InChI=1S/C22H15Cl3N2O2/c23-14-7-5-13(6-8-14)22-21(17-3-1-2-4-20(17)26-22)18(12-27(28)29)16-10-9-15(24)11-19(16)25/h1-11,18,26H,12H2/t18-/m1/s1. The lowest BCUT2D eigenvalue weighted by molar-refractivity contribution is -0.481. The molecule has 3 aromatic carbocycles. The molecule has 4 nitrogen and oxygen atoms in total. The van der Waals surface area contributed by atoms with Gasteiger partial charge in [0.1, 0.15) is 0 Å². The number of aromatic nitrogens is 1. The maximum Gasteiger partial charge on any atom is 0.214 e. The van der Waals surface area contributed by atoms with Crippen molar-refractivity contribution in [2.24, 2.45) is 0 Å². The van der Waals surface area contributed by atoms with Crippen LogP contribution in [0.25, 0.3) is 22.2 Å². The van der Waals surface area contributed by atoms with Crippen LogP contribution in [-0.4, -0.2) is 16.5 Å². The van der Waals surface area contributed by atoms with Crippen LogP contribution in [0, 0.1) is 10.1 Å². The molecule has 0 radical (unpaired) electrons. The molecular weight excluding hydrogens is 431 g/mol. The van der Waals surface area contributed by atoms with Gasteiger partial charge < -0.3 is 4.98 Å². The number of hydrogen-bond donors (Lipinski definition) is 1. The van der Waals surface area contributed by atoms with Crippen molar-refractivity contribution in [3.8, 4) is 11.3 Å². The van der Waals surface area contributed by atoms with Gasteiger partial charge in [-0.25, -0.2) is 0 Å². The van der Waals surface area contributed by atoms with E-state index in [0.29, 0.717) is 20.6 Å². The predicted octanol–water partition coefficient (Wildman–Crippen LogP) is 7.20. The monoisotopic (exact) mass is 444 g/mol. The second-order valence-corrected chi connectivity index (χ2v) is 7.98. The topological polar surface area (TPSA) is 58.9 Å². The summed E-state index contributed by atoms with van der Waals surface area (Å²) in [4.78, 5) is 14.7. The summed E-state index contributed by atoms with van der Waals surface area (Å²) in [5.74, 6) is -0.559. The maximum atomic E-state index is 11.6. The number of H-pyrrole nitrogens is 1. The summed E-state index contributed by atoms with van der Waals surface area (Å²) >= 11 is 18.6. The predicted molar refractivity (Wildman–Crippen MR) is 119 cm³/mol. The Balaban J connectivity index is 2.00. The molecule has 1 heterocycles. The SMILES string of the molecule is O=[N+]([O-])C[C@H](c1ccc(Cl)cc1Cl)c1c(-c2ccc(Cl)cc2)[nH]c2ccccc12. The summed E-state index contributed by atoms with van der Waals surface area (Å²) in [7, 11) is 0. The summed E-state index contributed by atoms with van der Waals surface area (Å²) in [6.45, 7) is -0.302. The molecule has 0 amide bonds. The summed E-state index contributed by atoms with van der Waals surface area (Å²) in [5, 5.41) is 14.0. The van der Waals surface area contributed by atoms with E-state index in [2.05, 4.69) is 4.98 Å². The van der Waals surface area contributed by atoms with E-state index in [-0.39, 0.29) is 11.5 Å². The van der Waals surface area contributed by atoms with Gasteiger partial charge in [0.15, 0.2) is 0 Å². The van der Waals surface area contributed by atoms with Crippen LogP contribution in [0.5, 0.6) is 0 Å². The number of para-hydroxylation sites is 1. The average molecular weight is 446 g/mol. The Kier molecular flexibility index (Phi) is 5.50. The minimum absolute atomic E-state index is 0.302. The highest BCUT2D eigenvalue weighted by molar-refractivity contribution is 6.35. The lowest BCUT2D eigenvalue weighted by atomic mass is 9.87. The Labute approximate surface area is 182 Å². The number of benzene rings is 3. The Hall–Kier alpha value is -2.53. The molecule has 0 aliphatic heterocycles. The molecule has 0 aliphatic carbocycles. The van der Waals surface area contributed by atoms with Crippen LogP contribution in [0.15, 0.2) is 66.7 Å². The van der Waals surface area contributed by atoms with E-state index in [9.17, 15) is 10.1 Å². The highest BCUT2D eigenvalue weighted by Crippen LogP contribution is 2.41. The second kappa shape index (κ2) is 8.07. The molecule has 1 atom stereocenters. The number of hydrogen-bond acceptors (Lipinski definition) is 2. The first-order chi connectivity index (χ1) is 13.9. The van der Waals surface area contributed by atoms with Crippen molar-refractivity contribution in [3.63, 3.8) is 0 Å². The Morgan fingerprint density at radius 3 is 2.31 bits per heavy atom. The normalized spacial score (nSPS) is 12.2. The van der Waals surface area contributed by atoms with E-state index in [1.165, 1.54) is 0 Å². The average Bonchev–Trinajstić information content (AvgIpc) is 3.06. The van der Waals surface area contributed by atoms with E-state index < -0.39 is 5.92 Å². The quantitative estimate of drug-likeness (QED) is 0.261. The minimum Gasteiger partial charge on any atom is -0.354 e. The van der Waals surface area contributed by atoms with Gasteiger partial charge in [-0.3, -0.25) is 10.1 Å². The fourth-order valence-electron chi connectivity index (χ4n) is 3.65. The fourth-order valence-corrected chi connectivity index (χ4v) is 4.31. The van der Waals surface area contributed by atoms with Gasteiger partial charge in [-0.2, -0.15) is 0 Å². The molecule has 7 heteroatoms. The van der Waals surface area contributed by atoms with E-state index in [1.807, 2.05) is 36.4 Å². The van der Waals surface area contributed by atoms with Crippen LogP contribution in [0.3, 0.4) is 0 Å². The third kappa shape index (κ3) is 3.97. The lowest BCUT2D eigenvalue weighted by Crippen LogP contribution is -2.15. The Morgan fingerprint density at radius 2 is 1.62 bits per heavy atom. The van der Waals surface area contributed by atoms with Gasteiger partial charge in [-0.1, -0.05) is 71.2 Å². The zero-order chi connectivity index (χ0) is 20.5. The molecular formula is C22H15Cl3N2O2. The van der Waals surface area contributed by atoms with Crippen molar-refractivity contribution in [2.75, 3.05) is 6.54 Å². The van der Waals surface area contributed by atoms with Crippen molar-refractivity contribution >= 4 is 45.7 Å². The molecule has 1 N–H and O–H groups in total. The second-order valence-electron chi connectivity index (χ2n) is 6.70. The van der Waals surface area contributed by atoms with Gasteiger partial charge in [0, 0.05) is 30.9 Å². The van der Waals surface area contributed by atoms with Crippen LogP contribution >= 0.6 is 34.8 Å². The van der Waals surface area contributed by atoms with Gasteiger partial charge in [-0.05, 0) is 47.0 Å². The van der Waals surface area contributed by atoms with Gasteiger partial charge in [-0.15, -0.1) is 0 Å². The van der Waals surface area contributed by atoms with Crippen molar-refractivity contribution in [1.82, 2.24) is 4.98 Å². The number of nitrogens with one attached hydrogen (secondary N) is 1. The van der Waals surface area contributed by atoms with Gasteiger partial charge in [0.2, 0.25) is 6.54 Å². The van der Waals surface area contributed by atoms with Crippen LogP contribution in [0.4, 0.5) is 0 Å². The first kappa shape index (κ1) is 19.8. The van der Waals surface area contributed by atoms with Crippen LogP contribution in [-0.2, 0) is 0 Å². The van der Waals surface area contributed by atoms with Crippen molar-refractivity contribution < 1.29 is 4.92 Å². The van der Waals surface area contributed by atoms with Gasteiger partial charge >= 0.3 is 0 Å². The first-order valence-corrected chi connectivity index (χ1v) is 10.0. The van der Waals surface area contributed by atoms with Gasteiger partial charge in [0.25, 0.3) is 0 Å². The van der Waals surface area contributed by atoms with E-state index in [0.717, 1.165) is 27.7 Å². The largest absolute Gasteiger partial charge is 0.354 e. The zero-order valence-electron chi connectivity index (χ0n) is 15.0. The summed E-state index contributed by atoms with van der Waals surface area (Å²) in [6, 6.07) is 20.2. The van der Waals surface area contributed by atoms with Crippen LogP contribution in [0.2, 0.25) is 15.1 Å². The minimum atomic E-state index is -0.559. The van der Waals surface area contributed by atoms with Gasteiger partial charge in [0.05, 0.1) is 11.6 Å². The third-order valence-corrected chi connectivity index (χ3v) is 5.71. The Morgan fingerprint density at radius 1 is 0.931 bits per heavy atom. The Bertz CT molecular complexity index is 1200. The molecule has 146 valence electrons. The first-order valence-electron chi connectivity index (χ1n) is 8.87. The van der Waals surface area contributed by atoms with E-state index >= 15 is 0 Å². The summed E-state index contributed by atoms with van der Waals surface area (Å²) < 4.78 is 0. The number of rotatable bonds is 5. The molecule has 4 aromatic rings. The zero-order valence-corrected chi connectivity index (χ0v) is 17.3. The van der Waals surface area contributed by atoms with E-state index in [1.54, 1.807) is 30.3 Å². The maximum absolute atomic E-state index is 11.6. The summed E-state index contributed by atoms with van der Waals surface area (Å²) in [5.41, 5.74) is 4.07. The van der Waals surface area contributed by atoms with Crippen LogP contribution in [0.1, 0.15) is 17.0 Å². The molecule has 1 aromatic heterocycles. The van der Waals surface area contributed by atoms with Crippen molar-refractivity contribution in [2.45, 2.75) is 5.92 Å². The number of nitrogens with zero attached hydrogens (tertiary/aromatic N) is 1. The fraction of sp³-hybridized carbons (Fsp3) is 0.0909. The van der Waals surface area contributed by atoms with Crippen molar-refractivity contribution in [3.05, 3.63) is 103 Å². The lowest BCUT2D eigenvalue weighted by Gasteiger charge is -2.17. The smallest absolute Gasteiger partial charge is 0.214 e. The number of halogens is 3. The van der Waals surface area contributed by atoms with E-state index in [4.69, 9.17) is 34.8 Å². The molecule has 0 saturated heterocycles. The number of nitro groups is 1. The molecule has 0 fully saturated rings. The molecule has 0 unspecified atom stereocenters. The molecule has 0 aliphatic rings. The highest BCUT2D eigenvalue weighted by atomic mass is 35.5.